The molecule has 0 radical (unpaired) electrons. The Kier molecular flexibility index (Phi) is 5.46. The molecule has 1 aromatic rings. The average molecular weight is 329 g/mol. The summed E-state index contributed by atoms with van der Waals surface area (Å²) in [5, 5.41) is 0. The van der Waals surface area contributed by atoms with Gasteiger partial charge >= 0.3 is 0 Å². The Hall–Kier alpha value is -0.380. The molecule has 0 bridgehead atoms. The second kappa shape index (κ2) is 6.38. The van der Waals surface area contributed by atoms with Crippen LogP contribution in [0.1, 0.15) is 39.2 Å². The molecule has 2 heteroatoms. The molecule has 0 amide bonds. The second-order valence-corrected chi connectivity index (χ2v) is 4.80. The molecular weight excluding hydrogens is 309 g/mol. The van der Waals surface area contributed by atoms with Gasteiger partial charge in [0.25, 0.3) is 0 Å². The van der Waals surface area contributed by atoms with Crippen molar-refractivity contribution in [3.63, 3.8) is 0 Å². The lowest BCUT2D eigenvalue weighted by Gasteiger charge is -2.31. The molecule has 0 saturated carbocycles. The van der Waals surface area contributed by atoms with Crippen LogP contribution < -0.4 is 0 Å². The van der Waals surface area contributed by atoms with Crippen molar-refractivity contribution in [1.29, 1.82) is 0 Å². The average Bonchev–Trinajstić information content (AvgIpc) is 2.36. The maximum atomic E-state index is 4.39. The Morgan fingerprint density at radius 1 is 1.19 bits per heavy atom. The molecule has 16 heavy (non-hydrogen) atoms. The molecule has 0 atom stereocenters. The second-order valence-electron chi connectivity index (χ2n) is 4.32. The maximum Gasteiger partial charge on any atom is 0.0830 e. The third kappa shape index (κ3) is 3.06. The lowest BCUT2D eigenvalue weighted by atomic mass is 9.73. The fourth-order valence-corrected chi connectivity index (χ4v) is 2.73. The minimum absolute atomic E-state index is 0.239. The van der Waals surface area contributed by atoms with Crippen LogP contribution in [0, 0.1) is 5.41 Å². The zero-order chi connectivity index (χ0) is 12.0. The third-order valence-electron chi connectivity index (χ3n) is 3.63. The van der Waals surface area contributed by atoms with Crippen LogP contribution >= 0.6 is 22.9 Å². The van der Waals surface area contributed by atoms with Gasteiger partial charge in [-0.05, 0) is 31.7 Å². The zero-order valence-corrected chi connectivity index (χ0v) is 12.5. The first-order valence-electron chi connectivity index (χ1n) is 5.88. The van der Waals surface area contributed by atoms with E-state index in [0.29, 0.717) is 0 Å². The van der Waals surface area contributed by atoms with Crippen molar-refractivity contribution in [3.05, 3.63) is 35.9 Å². The molecule has 88 valence electrons. The van der Waals surface area contributed by atoms with Gasteiger partial charge in [0.1, 0.15) is 0 Å². The normalized spacial score (nSPS) is 12.9. The molecule has 0 N–H and O–H groups in total. The van der Waals surface area contributed by atoms with E-state index in [1.165, 1.54) is 11.3 Å². The molecule has 0 aliphatic rings. The number of hydrogen-bond donors (Lipinski definition) is 0. The van der Waals surface area contributed by atoms with Gasteiger partial charge < -0.3 is 0 Å². The highest BCUT2D eigenvalue weighted by molar-refractivity contribution is 14.1. The summed E-state index contributed by atoms with van der Waals surface area (Å²) in [7, 11) is 0. The van der Waals surface area contributed by atoms with Crippen molar-refractivity contribution < 1.29 is 0 Å². The summed E-state index contributed by atoms with van der Waals surface area (Å²) >= 11 is 2.12. The fraction of sp³-hybridized carbons (Fsp3) is 0.500. The number of hydrogen-bond acceptors (Lipinski definition) is 1. The van der Waals surface area contributed by atoms with E-state index in [2.05, 4.69) is 77.2 Å². The van der Waals surface area contributed by atoms with Crippen molar-refractivity contribution in [1.82, 2.24) is 0 Å². The maximum absolute atomic E-state index is 4.39. The first kappa shape index (κ1) is 13.7. The summed E-state index contributed by atoms with van der Waals surface area (Å²) in [6.45, 7) is 6.68. The minimum atomic E-state index is 0.239. The van der Waals surface area contributed by atoms with E-state index in [-0.39, 0.29) is 5.41 Å². The van der Waals surface area contributed by atoms with E-state index in [9.17, 15) is 0 Å². The van der Waals surface area contributed by atoms with Gasteiger partial charge in [0.2, 0.25) is 0 Å². The van der Waals surface area contributed by atoms with Gasteiger partial charge in [-0.15, -0.1) is 0 Å². The molecule has 0 saturated heterocycles. The summed E-state index contributed by atoms with van der Waals surface area (Å²) in [6, 6.07) is 10.7. The summed E-state index contributed by atoms with van der Waals surface area (Å²) in [6.07, 6.45) is 3.40. The first-order chi connectivity index (χ1) is 7.68. The lowest BCUT2D eigenvalue weighted by Crippen LogP contribution is -2.30. The molecule has 1 rings (SSSR count). The first-order valence-corrected chi connectivity index (χ1v) is 6.85. The smallest absolute Gasteiger partial charge is 0.0830 e. The van der Waals surface area contributed by atoms with Crippen molar-refractivity contribution in [3.8, 4) is 0 Å². The summed E-state index contributed by atoms with van der Waals surface area (Å²) in [5.41, 5.74) is 2.91. The topological polar surface area (TPSA) is 12.4 Å². The molecule has 0 aliphatic carbocycles. The Morgan fingerprint density at radius 2 is 1.75 bits per heavy atom. The van der Waals surface area contributed by atoms with Gasteiger partial charge in [-0.1, -0.05) is 44.2 Å². The molecule has 1 aromatic carbocycles. The van der Waals surface area contributed by atoms with Gasteiger partial charge in [-0.2, -0.15) is 0 Å². The predicted molar refractivity (Wildman–Crippen MR) is 80.3 cm³/mol. The highest BCUT2D eigenvalue weighted by Gasteiger charge is 2.29. The Morgan fingerprint density at radius 3 is 2.19 bits per heavy atom. The largest absolute Gasteiger partial charge is 0.224 e. The monoisotopic (exact) mass is 329 g/mol. The molecule has 0 heterocycles. The third-order valence-corrected chi connectivity index (χ3v) is 4.36. The van der Waals surface area contributed by atoms with Crippen LogP contribution in [-0.2, 0) is 6.42 Å². The molecule has 0 fully saturated rings. The van der Waals surface area contributed by atoms with E-state index in [1.807, 2.05) is 0 Å². The van der Waals surface area contributed by atoms with Gasteiger partial charge in [0.05, 0.1) is 22.9 Å². The van der Waals surface area contributed by atoms with Crippen LogP contribution in [0.15, 0.2) is 33.5 Å². The van der Waals surface area contributed by atoms with E-state index in [0.717, 1.165) is 19.3 Å². The van der Waals surface area contributed by atoms with Crippen LogP contribution in [0.5, 0.6) is 0 Å². The van der Waals surface area contributed by atoms with E-state index < -0.39 is 0 Å². The quantitative estimate of drug-likeness (QED) is 0.541. The summed E-state index contributed by atoms with van der Waals surface area (Å²) in [5.74, 6) is 0. The van der Waals surface area contributed by atoms with Crippen LogP contribution in [0.3, 0.4) is 0 Å². The zero-order valence-electron chi connectivity index (χ0n) is 10.3. The van der Waals surface area contributed by atoms with Gasteiger partial charge in [0.15, 0.2) is 0 Å². The summed E-state index contributed by atoms with van der Waals surface area (Å²) in [4.78, 5) is 0. The Labute approximate surface area is 113 Å². The van der Waals surface area contributed by atoms with Gasteiger partial charge in [-0.25, -0.2) is 3.21 Å². The Bertz CT molecular complexity index is 339. The predicted octanol–water partition coefficient (Wildman–Crippen LogP) is 4.85. The van der Waals surface area contributed by atoms with Gasteiger partial charge in [-0.3, -0.25) is 0 Å². The molecule has 1 nitrogen and oxygen atoms in total. The number of benzene rings is 1. The number of rotatable bonds is 5. The fourth-order valence-electron chi connectivity index (χ4n) is 2.22. The van der Waals surface area contributed by atoms with Crippen molar-refractivity contribution in [2.75, 3.05) is 0 Å². The molecular formula is C14H20IN. The molecule has 0 aliphatic heterocycles. The highest BCUT2D eigenvalue weighted by Crippen LogP contribution is 2.33. The minimum Gasteiger partial charge on any atom is -0.224 e. The lowest BCUT2D eigenvalue weighted by molar-refractivity contribution is 0.384. The van der Waals surface area contributed by atoms with Crippen molar-refractivity contribution in [2.24, 2.45) is 8.62 Å². The molecule has 0 spiro atoms. The van der Waals surface area contributed by atoms with E-state index >= 15 is 0 Å². The SMILES string of the molecule is CCC(CC)(Cc1ccccc1)/C(C)=N/I. The molecule has 0 unspecified atom stereocenters. The van der Waals surface area contributed by atoms with E-state index in [4.69, 9.17) is 0 Å². The van der Waals surface area contributed by atoms with Gasteiger partial charge in [0, 0.05) is 11.1 Å². The van der Waals surface area contributed by atoms with Crippen LogP contribution in [-0.4, -0.2) is 5.71 Å². The Balaban J connectivity index is 2.96. The van der Waals surface area contributed by atoms with Crippen molar-refractivity contribution >= 4 is 28.6 Å². The van der Waals surface area contributed by atoms with E-state index in [1.54, 1.807) is 0 Å². The standard InChI is InChI=1S/C14H20IN/c1-4-14(5-2,12(3)16-15)11-13-9-7-6-8-10-13/h6-10H,4-5,11H2,1-3H3/b16-12+. The summed E-state index contributed by atoms with van der Waals surface area (Å²) < 4.78 is 4.39. The van der Waals surface area contributed by atoms with Crippen LogP contribution in [0.25, 0.3) is 0 Å². The number of halogens is 1. The van der Waals surface area contributed by atoms with Crippen molar-refractivity contribution in [2.45, 2.75) is 40.0 Å². The van der Waals surface area contributed by atoms with Crippen LogP contribution in [0.4, 0.5) is 0 Å². The number of nitrogens with zero attached hydrogens (tertiary/aromatic N) is 1. The molecule has 0 aromatic heterocycles. The van der Waals surface area contributed by atoms with Crippen LogP contribution in [0.2, 0.25) is 0 Å². The highest BCUT2D eigenvalue weighted by atomic mass is 127.